The first-order valence-electron chi connectivity index (χ1n) is 7.64. The highest BCUT2D eigenvalue weighted by atomic mass is 35.5. The van der Waals surface area contributed by atoms with E-state index in [9.17, 15) is 13.2 Å². The monoisotopic (exact) mass is 460 g/mol. The number of anilines is 1. The molecule has 1 N–H and O–H groups in total. The molecule has 0 bridgehead atoms. The van der Waals surface area contributed by atoms with Crippen LogP contribution in [0.2, 0.25) is 10.0 Å². The summed E-state index contributed by atoms with van der Waals surface area (Å²) < 4.78 is 24.0. The minimum atomic E-state index is -3.28. The van der Waals surface area contributed by atoms with Gasteiger partial charge in [-0.3, -0.25) is 4.79 Å². The van der Waals surface area contributed by atoms with E-state index in [1.165, 1.54) is 29.2 Å². The van der Waals surface area contributed by atoms with Gasteiger partial charge in [-0.1, -0.05) is 40.6 Å². The Bertz CT molecular complexity index is 1110. The molecule has 2 aromatic carbocycles. The highest BCUT2D eigenvalue weighted by Gasteiger charge is 2.12. The zero-order valence-electron chi connectivity index (χ0n) is 14.0. The van der Waals surface area contributed by atoms with Crippen molar-refractivity contribution in [3.63, 3.8) is 0 Å². The first-order chi connectivity index (χ1) is 12.7. The number of fused-ring (bicyclic) bond motifs is 1. The molecule has 3 aromatic rings. The summed E-state index contributed by atoms with van der Waals surface area (Å²) in [6.45, 7) is 0. The average Bonchev–Trinajstić information content (AvgIpc) is 2.98. The molecule has 1 aromatic heterocycles. The smallest absolute Gasteiger partial charge is 0.236 e. The van der Waals surface area contributed by atoms with Gasteiger partial charge < -0.3 is 5.32 Å². The Morgan fingerprint density at radius 1 is 1.19 bits per heavy atom. The Morgan fingerprint density at radius 2 is 1.96 bits per heavy atom. The van der Waals surface area contributed by atoms with E-state index in [4.69, 9.17) is 23.2 Å². The Labute approximate surface area is 175 Å². The molecule has 3 rings (SSSR count). The summed E-state index contributed by atoms with van der Waals surface area (Å²) in [6, 6.07) is 10.1. The second kappa shape index (κ2) is 8.36. The van der Waals surface area contributed by atoms with E-state index < -0.39 is 9.84 Å². The summed E-state index contributed by atoms with van der Waals surface area (Å²) in [7, 11) is -3.28. The number of amides is 1. The number of hydrogen-bond acceptors (Lipinski definition) is 6. The lowest BCUT2D eigenvalue weighted by Crippen LogP contribution is -2.13. The molecular formula is C17H14Cl2N2O3S3. The molecule has 1 heterocycles. The largest absolute Gasteiger partial charge is 0.301 e. The Hall–Kier alpha value is -1.32. The Morgan fingerprint density at radius 3 is 2.67 bits per heavy atom. The van der Waals surface area contributed by atoms with Gasteiger partial charge in [-0.25, -0.2) is 13.4 Å². The van der Waals surface area contributed by atoms with Crippen LogP contribution in [0, 0.1) is 0 Å². The van der Waals surface area contributed by atoms with E-state index in [1.54, 1.807) is 24.3 Å². The van der Waals surface area contributed by atoms with Gasteiger partial charge >= 0.3 is 0 Å². The van der Waals surface area contributed by atoms with Crippen LogP contribution in [-0.2, 0) is 20.4 Å². The molecule has 0 fully saturated rings. The van der Waals surface area contributed by atoms with E-state index in [1.807, 2.05) is 6.07 Å². The molecule has 0 aliphatic heterocycles. The molecule has 0 aliphatic rings. The van der Waals surface area contributed by atoms with Crippen LogP contribution >= 0.6 is 46.3 Å². The number of halogens is 2. The molecule has 1 amide bonds. The fourth-order valence-corrected chi connectivity index (χ4v) is 4.97. The van der Waals surface area contributed by atoms with Gasteiger partial charge in [-0.15, -0.1) is 11.8 Å². The molecule has 27 heavy (non-hydrogen) atoms. The predicted octanol–water partition coefficient (Wildman–Crippen LogP) is 4.88. The van der Waals surface area contributed by atoms with Crippen molar-refractivity contribution < 1.29 is 13.2 Å². The molecule has 0 spiro atoms. The summed E-state index contributed by atoms with van der Waals surface area (Å²) in [6.07, 6.45) is 1.16. The maximum absolute atomic E-state index is 12.1. The van der Waals surface area contributed by atoms with Crippen LogP contribution in [-0.4, -0.2) is 31.3 Å². The van der Waals surface area contributed by atoms with Crippen molar-refractivity contribution in [2.45, 2.75) is 10.6 Å². The van der Waals surface area contributed by atoms with Gasteiger partial charge in [0.2, 0.25) is 5.91 Å². The van der Waals surface area contributed by atoms with Crippen LogP contribution in [0.25, 0.3) is 10.2 Å². The second-order valence-electron chi connectivity index (χ2n) is 5.71. The van der Waals surface area contributed by atoms with Crippen LogP contribution in [0.3, 0.4) is 0 Å². The van der Waals surface area contributed by atoms with E-state index in [2.05, 4.69) is 10.3 Å². The fraction of sp³-hybridized carbons (Fsp3) is 0.176. The van der Waals surface area contributed by atoms with Crippen LogP contribution in [0.5, 0.6) is 0 Å². The number of thioether (sulfide) groups is 1. The van der Waals surface area contributed by atoms with Crippen molar-refractivity contribution in [1.29, 1.82) is 0 Å². The minimum Gasteiger partial charge on any atom is -0.301 e. The number of carbonyl (C=O) groups is 1. The Balaban J connectivity index is 1.59. The zero-order valence-corrected chi connectivity index (χ0v) is 18.0. The van der Waals surface area contributed by atoms with Crippen LogP contribution in [0.4, 0.5) is 5.13 Å². The number of nitrogens with one attached hydrogen (secondary N) is 1. The number of nitrogens with zero attached hydrogens (tertiary/aromatic N) is 1. The Kier molecular flexibility index (Phi) is 6.32. The van der Waals surface area contributed by atoms with Crippen LogP contribution in [0.15, 0.2) is 41.3 Å². The third kappa shape index (κ3) is 5.36. The normalized spacial score (nSPS) is 11.7. The van der Waals surface area contributed by atoms with Gasteiger partial charge in [0, 0.05) is 12.0 Å². The number of aromatic nitrogens is 1. The van der Waals surface area contributed by atoms with Crippen molar-refractivity contribution in [3.8, 4) is 0 Å². The second-order valence-corrected chi connectivity index (χ2v) is 10.6. The predicted molar refractivity (Wildman–Crippen MR) is 114 cm³/mol. The summed E-state index contributed by atoms with van der Waals surface area (Å²) in [5, 5.41) is 4.17. The number of thiazole rings is 1. The molecule has 0 unspecified atom stereocenters. The van der Waals surface area contributed by atoms with Crippen LogP contribution < -0.4 is 5.32 Å². The van der Waals surface area contributed by atoms with Crippen molar-refractivity contribution in [2.75, 3.05) is 17.3 Å². The third-order valence-corrected chi connectivity index (χ3v) is 7.31. The molecule has 0 atom stereocenters. The van der Waals surface area contributed by atoms with E-state index in [0.29, 0.717) is 31.1 Å². The SMILES string of the molecule is CS(=O)(=O)c1ccc2nc(NC(=O)CSCc3ccc(Cl)c(Cl)c3)sc2c1. The molecule has 0 saturated heterocycles. The van der Waals surface area contributed by atoms with E-state index in [-0.39, 0.29) is 16.6 Å². The molecule has 142 valence electrons. The average molecular weight is 461 g/mol. The van der Waals surface area contributed by atoms with Gasteiger partial charge in [0.15, 0.2) is 15.0 Å². The van der Waals surface area contributed by atoms with Gasteiger partial charge in [0.25, 0.3) is 0 Å². The zero-order chi connectivity index (χ0) is 19.6. The molecule has 5 nitrogen and oxygen atoms in total. The third-order valence-electron chi connectivity index (χ3n) is 3.52. The quantitative estimate of drug-likeness (QED) is 0.567. The van der Waals surface area contributed by atoms with Gasteiger partial charge in [0.1, 0.15) is 0 Å². The molecule has 0 radical (unpaired) electrons. The highest BCUT2D eigenvalue weighted by Crippen LogP contribution is 2.28. The van der Waals surface area contributed by atoms with Crippen LogP contribution in [0.1, 0.15) is 5.56 Å². The molecule has 0 aliphatic carbocycles. The summed E-state index contributed by atoms with van der Waals surface area (Å²) in [5.74, 6) is 0.703. The molecule has 0 saturated carbocycles. The van der Waals surface area contributed by atoms with Gasteiger partial charge in [0.05, 0.1) is 30.9 Å². The lowest BCUT2D eigenvalue weighted by molar-refractivity contribution is -0.113. The standard InChI is InChI=1S/C17H14Cl2N2O3S3/c1-27(23,24)11-3-5-14-15(7-11)26-17(20-14)21-16(22)9-25-8-10-2-4-12(18)13(19)6-10/h2-7H,8-9H2,1H3,(H,20,21,22). The number of carbonyl (C=O) groups excluding carboxylic acids is 1. The summed E-state index contributed by atoms with van der Waals surface area (Å²) in [5.41, 5.74) is 1.63. The molecule has 10 heteroatoms. The topological polar surface area (TPSA) is 76.1 Å². The number of sulfone groups is 1. The maximum Gasteiger partial charge on any atom is 0.236 e. The number of benzene rings is 2. The van der Waals surface area contributed by atoms with Crippen molar-refractivity contribution in [3.05, 3.63) is 52.0 Å². The summed E-state index contributed by atoms with van der Waals surface area (Å²) >= 11 is 14.5. The molecular weight excluding hydrogens is 447 g/mol. The minimum absolute atomic E-state index is 0.178. The van der Waals surface area contributed by atoms with Crippen molar-refractivity contribution >= 4 is 77.4 Å². The van der Waals surface area contributed by atoms with Gasteiger partial charge in [-0.05, 0) is 35.9 Å². The lowest BCUT2D eigenvalue weighted by Gasteiger charge is -2.04. The first-order valence-corrected chi connectivity index (χ1v) is 12.3. The summed E-state index contributed by atoms with van der Waals surface area (Å²) in [4.78, 5) is 16.7. The maximum atomic E-state index is 12.1. The first kappa shape index (κ1) is 20.4. The highest BCUT2D eigenvalue weighted by molar-refractivity contribution is 7.99. The number of rotatable bonds is 6. The fourth-order valence-electron chi connectivity index (χ4n) is 2.24. The lowest BCUT2D eigenvalue weighted by atomic mass is 10.2. The van der Waals surface area contributed by atoms with Crippen molar-refractivity contribution in [1.82, 2.24) is 4.98 Å². The van der Waals surface area contributed by atoms with E-state index in [0.717, 1.165) is 11.8 Å². The van der Waals surface area contributed by atoms with E-state index >= 15 is 0 Å². The van der Waals surface area contributed by atoms with Gasteiger partial charge in [-0.2, -0.15) is 0 Å². The van der Waals surface area contributed by atoms with Crippen molar-refractivity contribution in [2.24, 2.45) is 0 Å². The number of hydrogen-bond donors (Lipinski definition) is 1.